The fourth-order valence-corrected chi connectivity index (χ4v) is 2.25. The van der Waals surface area contributed by atoms with Gasteiger partial charge >= 0.3 is 0 Å². The summed E-state index contributed by atoms with van der Waals surface area (Å²) in [6.45, 7) is 13.1. The fraction of sp³-hybridized carbons (Fsp3) is 0.625. The van der Waals surface area contributed by atoms with Crippen LogP contribution in [0.25, 0.3) is 0 Å². The highest BCUT2D eigenvalue weighted by molar-refractivity contribution is 5.54. The van der Waals surface area contributed by atoms with Gasteiger partial charge in [0, 0.05) is 25.3 Å². The summed E-state index contributed by atoms with van der Waals surface area (Å²) in [5.74, 6) is 0. The largest absolute Gasteiger partial charge is 0.372 e. The molecule has 0 radical (unpaired) electrons. The fourth-order valence-electron chi connectivity index (χ4n) is 2.25. The Kier molecular flexibility index (Phi) is 6.81. The van der Waals surface area contributed by atoms with Crippen molar-refractivity contribution in [2.75, 3.05) is 24.5 Å². The summed E-state index contributed by atoms with van der Waals surface area (Å²) in [5.41, 5.74) is 4.17. The molecule has 1 aromatic rings. The van der Waals surface area contributed by atoms with Crippen LogP contribution in [0.5, 0.6) is 0 Å². The van der Waals surface area contributed by atoms with Crippen molar-refractivity contribution in [3.05, 3.63) is 29.3 Å². The predicted molar refractivity (Wildman–Crippen MR) is 81.4 cm³/mol. The van der Waals surface area contributed by atoms with Gasteiger partial charge in [-0.15, -0.1) is 0 Å². The first-order valence-electron chi connectivity index (χ1n) is 7.28. The van der Waals surface area contributed by atoms with Gasteiger partial charge in [0.15, 0.2) is 0 Å². The number of aryl methyl sites for hydroxylation is 1. The molecule has 2 nitrogen and oxygen atoms in total. The van der Waals surface area contributed by atoms with Gasteiger partial charge in [0.25, 0.3) is 0 Å². The number of hydrogen-bond donors (Lipinski definition) is 1. The van der Waals surface area contributed by atoms with Gasteiger partial charge in [0.05, 0.1) is 0 Å². The molecular formula is C16H28N2. The zero-order chi connectivity index (χ0) is 13.4. The molecule has 2 heteroatoms. The Bertz CT molecular complexity index is 347. The van der Waals surface area contributed by atoms with E-state index in [1.54, 1.807) is 0 Å². The lowest BCUT2D eigenvalue weighted by Gasteiger charge is -2.25. The van der Waals surface area contributed by atoms with Gasteiger partial charge in [-0.2, -0.15) is 0 Å². The zero-order valence-corrected chi connectivity index (χ0v) is 12.4. The van der Waals surface area contributed by atoms with Crippen LogP contribution in [0, 0.1) is 6.92 Å². The van der Waals surface area contributed by atoms with E-state index in [0.29, 0.717) is 0 Å². The number of anilines is 1. The lowest BCUT2D eigenvalue weighted by atomic mass is 10.1. The molecule has 0 saturated carbocycles. The Labute approximate surface area is 112 Å². The molecule has 0 bridgehead atoms. The second kappa shape index (κ2) is 8.15. The first kappa shape index (κ1) is 15.0. The Balaban J connectivity index is 2.75. The number of hydrogen-bond acceptors (Lipinski definition) is 2. The van der Waals surface area contributed by atoms with E-state index in [2.05, 4.69) is 56.1 Å². The third-order valence-corrected chi connectivity index (χ3v) is 3.34. The predicted octanol–water partition coefficient (Wildman–Crippen LogP) is 3.73. The van der Waals surface area contributed by atoms with Crippen LogP contribution in [0.15, 0.2) is 18.2 Å². The summed E-state index contributed by atoms with van der Waals surface area (Å²) in [4.78, 5) is 2.48. The molecule has 1 N–H and O–H groups in total. The van der Waals surface area contributed by atoms with E-state index in [0.717, 1.165) is 19.6 Å². The summed E-state index contributed by atoms with van der Waals surface area (Å²) >= 11 is 0. The first-order chi connectivity index (χ1) is 8.72. The van der Waals surface area contributed by atoms with Gasteiger partial charge in [-0.3, -0.25) is 0 Å². The van der Waals surface area contributed by atoms with Gasteiger partial charge in [-0.25, -0.2) is 0 Å². The van der Waals surface area contributed by atoms with Crippen LogP contribution >= 0.6 is 0 Å². The average molecular weight is 248 g/mol. The van der Waals surface area contributed by atoms with Crippen molar-refractivity contribution in [3.8, 4) is 0 Å². The zero-order valence-electron chi connectivity index (χ0n) is 12.4. The second-order valence-electron chi connectivity index (χ2n) is 4.83. The number of rotatable bonds is 8. The van der Waals surface area contributed by atoms with Gasteiger partial charge in [-0.1, -0.05) is 32.4 Å². The average Bonchev–Trinajstić information content (AvgIpc) is 2.39. The summed E-state index contributed by atoms with van der Waals surface area (Å²) in [6, 6.07) is 6.84. The molecule has 0 aliphatic heterocycles. The summed E-state index contributed by atoms with van der Waals surface area (Å²) < 4.78 is 0. The summed E-state index contributed by atoms with van der Waals surface area (Å²) in [7, 11) is 0. The van der Waals surface area contributed by atoms with Crippen LogP contribution in [0.3, 0.4) is 0 Å². The third kappa shape index (κ3) is 4.34. The molecular weight excluding hydrogens is 220 g/mol. The highest BCUT2D eigenvalue weighted by Crippen LogP contribution is 2.21. The minimum Gasteiger partial charge on any atom is -0.372 e. The van der Waals surface area contributed by atoms with Gasteiger partial charge in [-0.05, 0) is 44.0 Å². The van der Waals surface area contributed by atoms with E-state index in [4.69, 9.17) is 0 Å². The molecule has 0 aliphatic rings. The van der Waals surface area contributed by atoms with Crippen LogP contribution in [-0.4, -0.2) is 19.6 Å². The Hall–Kier alpha value is -1.02. The van der Waals surface area contributed by atoms with Crippen molar-refractivity contribution >= 4 is 5.69 Å². The summed E-state index contributed by atoms with van der Waals surface area (Å²) in [6.07, 6.45) is 2.53. The molecule has 1 aromatic carbocycles. The van der Waals surface area contributed by atoms with E-state index in [-0.39, 0.29) is 0 Å². The number of nitrogens with one attached hydrogen (secondary N) is 1. The van der Waals surface area contributed by atoms with Crippen molar-refractivity contribution in [2.24, 2.45) is 0 Å². The Morgan fingerprint density at radius 2 is 1.94 bits per heavy atom. The summed E-state index contributed by atoms with van der Waals surface area (Å²) in [5, 5.41) is 3.38. The van der Waals surface area contributed by atoms with Crippen molar-refractivity contribution in [1.29, 1.82) is 0 Å². The topological polar surface area (TPSA) is 15.3 Å². The molecule has 1 rings (SSSR count). The number of benzene rings is 1. The molecule has 0 atom stereocenters. The van der Waals surface area contributed by atoms with Crippen LogP contribution < -0.4 is 10.2 Å². The molecule has 102 valence electrons. The molecule has 0 spiro atoms. The molecule has 0 unspecified atom stereocenters. The quantitative estimate of drug-likeness (QED) is 0.754. The molecule has 18 heavy (non-hydrogen) atoms. The van der Waals surface area contributed by atoms with Crippen molar-refractivity contribution < 1.29 is 0 Å². The van der Waals surface area contributed by atoms with Crippen molar-refractivity contribution in [3.63, 3.8) is 0 Å². The van der Waals surface area contributed by atoms with Gasteiger partial charge in [0.1, 0.15) is 0 Å². The number of unbranched alkanes of at least 4 members (excludes halogenated alkanes) is 1. The molecule has 0 amide bonds. The van der Waals surface area contributed by atoms with E-state index >= 15 is 0 Å². The molecule has 0 fully saturated rings. The van der Waals surface area contributed by atoms with Crippen molar-refractivity contribution in [1.82, 2.24) is 5.32 Å². The van der Waals surface area contributed by atoms with Gasteiger partial charge in [0.2, 0.25) is 0 Å². The standard InChI is InChI=1S/C16H28N2/c1-5-8-11-18(7-3)16-10-9-15(12-14(16)4)13-17-6-2/h9-10,12,17H,5-8,11,13H2,1-4H3. The normalized spacial score (nSPS) is 10.7. The first-order valence-corrected chi connectivity index (χ1v) is 7.28. The van der Waals surface area contributed by atoms with Crippen LogP contribution in [-0.2, 0) is 6.54 Å². The van der Waals surface area contributed by atoms with E-state index in [9.17, 15) is 0 Å². The van der Waals surface area contributed by atoms with Crippen molar-refractivity contribution in [2.45, 2.75) is 47.1 Å². The van der Waals surface area contributed by atoms with E-state index in [1.165, 1.54) is 36.2 Å². The van der Waals surface area contributed by atoms with Crippen LogP contribution in [0.4, 0.5) is 5.69 Å². The lowest BCUT2D eigenvalue weighted by molar-refractivity contribution is 0.721. The Morgan fingerprint density at radius 3 is 2.50 bits per heavy atom. The minimum atomic E-state index is 0.971. The Morgan fingerprint density at radius 1 is 1.17 bits per heavy atom. The third-order valence-electron chi connectivity index (χ3n) is 3.34. The van der Waals surface area contributed by atoms with Crippen LogP contribution in [0.1, 0.15) is 44.7 Å². The highest BCUT2D eigenvalue weighted by atomic mass is 15.1. The van der Waals surface area contributed by atoms with Gasteiger partial charge < -0.3 is 10.2 Å². The SMILES string of the molecule is CCCCN(CC)c1ccc(CNCC)cc1C. The molecule has 0 saturated heterocycles. The maximum absolute atomic E-state index is 3.38. The second-order valence-corrected chi connectivity index (χ2v) is 4.83. The smallest absolute Gasteiger partial charge is 0.0396 e. The lowest BCUT2D eigenvalue weighted by Crippen LogP contribution is -2.24. The van der Waals surface area contributed by atoms with E-state index in [1.807, 2.05) is 0 Å². The van der Waals surface area contributed by atoms with Crippen LogP contribution in [0.2, 0.25) is 0 Å². The monoisotopic (exact) mass is 248 g/mol. The molecule has 0 aromatic heterocycles. The highest BCUT2D eigenvalue weighted by Gasteiger charge is 2.07. The maximum Gasteiger partial charge on any atom is 0.0396 e. The van der Waals surface area contributed by atoms with E-state index < -0.39 is 0 Å². The minimum absolute atomic E-state index is 0.971. The maximum atomic E-state index is 3.38. The molecule has 0 heterocycles. The number of nitrogens with zero attached hydrogens (tertiary/aromatic N) is 1. The molecule has 0 aliphatic carbocycles.